The summed E-state index contributed by atoms with van der Waals surface area (Å²) in [4.78, 5) is 12.3. The molecule has 0 aromatic heterocycles. The van der Waals surface area contributed by atoms with Gasteiger partial charge in [0.15, 0.2) is 5.78 Å². The summed E-state index contributed by atoms with van der Waals surface area (Å²) in [5.74, 6) is -0.347. The molecule has 0 spiro atoms. The molecule has 2 aromatic rings. The van der Waals surface area contributed by atoms with Gasteiger partial charge in [-0.3, -0.25) is 4.79 Å². The lowest BCUT2D eigenvalue weighted by Gasteiger charge is -2.10. The summed E-state index contributed by atoms with van der Waals surface area (Å²) in [7, 11) is 0. The molecule has 0 saturated carbocycles. The molecule has 0 bridgehead atoms. The fraction of sp³-hybridized carbons (Fsp3) is 0.133. The molecule has 0 atom stereocenters. The summed E-state index contributed by atoms with van der Waals surface area (Å²) in [6, 6.07) is 11.2. The summed E-state index contributed by atoms with van der Waals surface area (Å²) < 4.78 is 28.5. The zero-order valence-corrected chi connectivity index (χ0v) is 10.8. The van der Waals surface area contributed by atoms with Crippen molar-refractivity contribution in [3.05, 3.63) is 59.2 Å². The van der Waals surface area contributed by atoms with Crippen LogP contribution in [0.1, 0.15) is 21.5 Å². The molecule has 0 aliphatic rings. The Hall–Kier alpha value is -2.43. The highest BCUT2D eigenvalue weighted by Gasteiger charge is 2.14. The van der Waals surface area contributed by atoms with Gasteiger partial charge in [0, 0.05) is 11.1 Å². The lowest BCUT2D eigenvalue weighted by Crippen LogP contribution is -2.07. The Bertz CT molecular complexity index is 642. The van der Waals surface area contributed by atoms with Crippen LogP contribution in [0.3, 0.4) is 0 Å². The first-order valence-corrected chi connectivity index (χ1v) is 5.93. The monoisotopic (exact) mass is 277 g/mol. The first kappa shape index (κ1) is 14.0. The van der Waals surface area contributed by atoms with Gasteiger partial charge in [-0.05, 0) is 30.7 Å². The Morgan fingerprint density at radius 3 is 2.50 bits per heavy atom. The maximum absolute atomic E-state index is 12.3. The summed E-state index contributed by atoms with van der Waals surface area (Å²) >= 11 is 0. The highest BCUT2D eigenvalue weighted by molar-refractivity contribution is 6.10. The van der Waals surface area contributed by atoms with Gasteiger partial charge in [-0.1, -0.05) is 24.3 Å². The number of ketones is 1. The van der Waals surface area contributed by atoms with Gasteiger partial charge in [-0.15, -0.1) is 0 Å². The third kappa shape index (κ3) is 2.93. The van der Waals surface area contributed by atoms with Gasteiger partial charge in [0.2, 0.25) is 0 Å². The number of ether oxygens (including phenoxy) is 1. The molecular weight excluding hydrogens is 264 g/mol. The van der Waals surface area contributed by atoms with Crippen molar-refractivity contribution in [2.45, 2.75) is 13.5 Å². The van der Waals surface area contributed by atoms with E-state index in [9.17, 15) is 13.6 Å². The molecule has 0 aliphatic carbocycles. The Labute approximate surface area is 115 Å². The summed E-state index contributed by atoms with van der Waals surface area (Å²) in [6.07, 6.45) is 0. The van der Waals surface area contributed by atoms with Crippen molar-refractivity contribution in [1.29, 1.82) is 0 Å². The maximum atomic E-state index is 12.3. The van der Waals surface area contributed by atoms with Crippen LogP contribution in [0.15, 0.2) is 42.5 Å². The number of aryl methyl sites for hydroxylation is 1. The first-order valence-electron chi connectivity index (χ1n) is 5.93. The quantitative estimate of drug-likeness (QED) is 0.688. The molecule has 3 nitrogen and oxygen atoms in total. The highest BCUT2D eigenvalue weighted by atomic mass is 19.3. The smallest absolute Gasteiger partial charge is 0.387 e. The highest BCUT2D eigenvalue weighted by Crippen LogP contribution is 2.26. The average Bonchev–Trinajstić information content (AvgIpc) is 2.40. The number of halogens is 2. The molecule has 2 aromatic carbocycles. The van der Waals surface area contributed by atoms with Crippen LogP contribution in [0, 0.1) is 6.92 Å². The van der Waals surface area contributed by atoms with E-state index in [1.807, 2.05) is 19.1 Å². The number of carbonyl (C=O) groups excluding carboxylic acids is 1. The Balaban J connectivity index is 2.32. The molecule has 0 heterocycles. The normalized spacial score (nSPS) is 10.6. The van der Waals surface area contributed by atoms with Crippen LogP contribution in [-0.2, 0) is 0 Å². The molecule has 104 valence electrons. The molecule has 0 amide bonds. The minimum absolute atomic E-state index is 0.00438. The van der Waals surface area contributed by atoms with Crippen LogP contribution in [-0.4, -0.2) is 12.4 Å². The Morgan fingerprint density at radius 1 is 1.20 bits per heavy atom. The van der Waals surface area contributed by atoms with Crippen LogP contribution in [0.2, 0.25) is 0 Å². The van der Waals surface area contributed by atoms with E-state index in [4.69, 9.17) is 5.73 Å². The number of hydrogen-bond donors (Lipinski definition) is 1. The number of alkyl halides is 2. The minimum atomic E-state index is -2.95. The summed E-state index contributed by atoms with van der Waals surface area (Å²) in [5, 5.41) is 0. The number of rotatable bonds is 4. The molecule has 0 unspecified atom stereocenters. The van der Waals surface area contributed by atoms with E-state index in [0.29, 0.717) is 11.1 Å². The zero-order valence-electron chi connectivity index (χ0n) is 10.8. The summed E-state index contributed by atoms with van der Waals surface area (Å²) in [5.41, 5.74) is 7.34. The molecule has 2 N–H and O–H groups in total. The second-order valence-electron chi connectivity index (χ2n) is 4.28. The van der Waals surface area contributed by atoms with Crippen molar-refractivity contribution in [3.63, 3.8) is 0 Å². The number of nitrogens with two attached hydrogens (primary N) is 1. The predicted molar refractivity (Wildman–Crippen MR) is 72.1 cm³/mol. The number of benzene rings is 2. The lowest BCUT2D eigenvalue weighted by atomic mass is 9.99. The fourth-order valence-corrected chi connectivity index (χ4v) is 1.88. The number of carbonyl (C=O) groups is 1. The third-order valence-electron chi connectivity index (χ3n) is 2.88. The molecule has 0 saturated heterocycles. The van der Waals surface area contributed by atoms with Crippen molar-refractivity contribution < 1.29 is 18.3 Å². The van der Waals surface area contributed by atoms with Crippen LogP contribution >= 0.6 is 0 Å². The first-order chi connectivity index (χ1) is 9.49. The zero-order chi connectivity index (χ0) is 14.7. The van der Waals surface area contributed by atoms with Crippen LogP contribution in [0.5, 0.6) is 5.75 Å². The van der Waals surface area contributed by atoms with Crippen molar-refractivity contribution >= 4 is 11.5 Å². The molecule has 5 heteroatoms. The van der Waals surface area contributed by atoms with Gasteiger partial charge in [-0.2, -0.15) is 8.78 Å². The Morgan fingerprint density at radius 2 is 1.90 bits per heavy atom. The van der Waals surface area contributed by atoms with Gasteiger partial charge in [0.25, 0.3) is 0 Å². The standard InChI is InChI=1S/C15H13F2NO2/c1-9-4-2-3-5-11(9)14(19)10-6-7-13(12(18)8-10)20-15(16)17/h2-8,15H,18H2,1H3. The lowest BCUT2D eigenvalue weighted by molar-refractivity contribution is -0.0493. The van der Waals surface area contributed by atoms with Crippen molar-refractivity contribution in [1.82, 2.24) is 0 Å². The van der Waals surface area contributed by atoms with E-state index in [2.05, 4.69) is 4.74 Å². The molecule has 2 rings (SSSR count). The molecule has 0 radical (unpaired) electrons. The van der Waals surface area contributed by atoms with E-state index in [-0.39, 0.29) is 17.2 Å². The molecule has 20 heavy (non-hydrogen) atoms. The van der Waals surface area contributed by atoms with Gasteiger partial charge in [0.1, 0.15) is 5.75 Å². The van der Waals surface area contributed by atoms with Gasteiger partial charge in [0.05, 0.1) is 5.69 Å². The van der Waals surface area contributed by atoms with Gasteiger partial charge in [-0.25, -0.2) is 0 Å². The Kier molecular flexibility index (Phi) is 3.98. The van der Waals surface area contributed by atoms with Crippen LogP contribution in [0.25, 0.3) is 0 Å². The van der Waals surface area contributed by atoms with Crippen molar-refractivity contribution in [3.8, 4) is 5.75 Å². The van der Waals surface area contributed by atoms with E-state index in [0.717, 1.165) is 5.56 Å². The molecular formula is C15H13F2NO2. The second kappa shape index (κ2) is 5.69. The largest absolute Gasteiger partial charge is 0.433 e. The van der Waals surface area contributed by atoms with E-state index < -0.39 is 6.61 Å². The summed E-state index contributed by atoms with van der Waals surface area (Å²) in [6.45, 7) is -1.12. The fourth-order valence-electron chi connectivity index (χ4n) is 1.88. The van der Waals surface area contributed by atoms with Crippen molar-refractivity contribution in [2.24, 2.45) is 0 Å². The molecule has 0 fully saturated rings. The topological polar surface area (TPSA) is 52.3 Å². The van der Waals surface area contributed by atoms with Gasteiger partial charge >= 0.3 is 6.61 Å². The van der Waals surface area contributed by atoms with E-state index in [1.54, 1.807) is 12.1 Å². The van der Waals surface area contributed by atoms with E-state index >= 15 is 0 Å². The minimum Gasteiger partial charge on any atom is -0.433 e. The average molecular weight is 277 g/mol. The number of anilines is 1. The van der Waals surface area contributed by atoms with E-state index in [1.165, 1.54) is 18.2 Å². The maximum Gasteiger partial charge on any atom is 0.387 e. The van der Waals surface area contributed by atoms with Crippen molar-refractivity contribution in [2.75, 3.05) is 5.73 Å². The van der Waals surface area contributed by atoms with Gasteiger partial charge < -0.3 is 10.5 Å². The molecule has 0 aliphatic heterocycles. The SMILES string of the molecule is Cc1ccccc1C(=O)c1ccc(OC(F)F)c(N)c1. The number of nitrogen functional groups attached to an aromatic ring is 1. The second-order valence-corrected chi connectivity index (χ2v) is 4.28. The predicted octanol–water partition coefficient (Wildman–Crippen LogP) is 3.41. The van der Waals surface area contributed by atoms with Crippen LogP contribution in [0.4, 0.5) is 14.5 Å². The van der Waals surface area contributed by atoms with Crippen LogP contribution < -0.4 is 10.5 Å². The third-order valence-corrected chi connectivity index (χ3v) is 2.88. The number of hydrogen-bond acceptors (Lipinski definition) is 3.